The second kappa shape index (κ2) is 5.53. The third-order valence-corrected chi connectivity index (χ3v) is 2.44. The fraction of sp³-hybridized carbons (Fsp3) is 0.0833. The lowest BCUT2D eigenvalue weighted by Crippen LogP contribution is -2.01. The largest absolute Gasteiger partial charge is 0.497 e. The van der Waals surface area contributed by atoms with Crippen molar-refractivity contribution >= 4 is 17.6 Å². The smallest absolute Gasteiger partial charge is 0.339 e. The van der Waals surface area contributed by atoms with E-state index in [9.17, 15) is 4.79 Å². The van der Waals surface area contributed by atoms with Crippen LogP contribution in [0.3, 0.4) is 0 Å². The second-order valence-electron chi connectivity index (χ2n) is 3.46. The van der Waals surface area contributed by atoms with Gasteiger partial charge in [-0.3, -0.25) is 0 Å². The van der Waals surface area contributed by atoms with Gasteiger partial charge in [-0.2, -0.15) is 0 Å². The monoisotopic (exact) mass is 280 g/mol. The van der Waals surface area contributed by atoms with Gasteiger partial charge < -0.3 is 14.6 Å². The van der Waals surface area contributed by atoms with E-state index in [4.69, 9.17) is 26.2 Å². The Morgan fingerprint density at radius 1 is 1.26 bits per heavy atom. The first-order valence-electron chi connectivity index (χ1n) is 5.18. The molecule has 0 radical (unpaired) electrons. The summed E-state index contributed by atoms with van der Waals surface area (Å²) in [5.74, 6) is -0.412. The fourth-order valence-electron chi connectivity index (χ4n) is 1.36. The van der Waals surface area contributed by atoms with E-state index >= 15 is 0 Å². The van der Waals surface area contributed by atoms with E-state index in [2.05, 4.69) is 10.2 Å². The molecule has 1 aromatic heterocycles. The van der Waals surface area contributed by atoms with Crippen LogP contribution < -0.4 is 9.47 Å². The molecular formula is C12H9ClN2O4. The first-order chi connectivity index (χ1) is 9.10. The van der Waals surface area contributed by atoms with Crippen LogP contribution in [0.25, 0.3) is 0 Å². The van der Waals surface area contributed by atoms with E-state index in [0.717, 1.165) is 0 Å². The van der Waals surface area contributed by atoms with Crippen LogP contribution in [0.5, 0.6) is 17.4 Å². The molecule has 0 atom stereocenters. The van der Waals surface area contributed by atoms with Gasteiger partial charge in [-0.1, -0.05) is 11.6 Å². The van der Waals surface area contributed by atoms with Gasteiger partial charge in [-0.15, -0.1) is 10.2 Å². The van der Waals surface area contributed by atoms with Gasteiger partial charge in [-0.25, -0.2) is 4.79 Å². The number of carboxylic acids is 1. The Kier molecular flexibility index (Phi) is 3.82. The Morgan fingerprint density at radius 2 is 2.05 bits per heavy atom. The molecule has 0 bridgehead atoms. The molecule has 6 nitrogen and oxygen atoms in total. The number of carboxylic acid groups (broad SMARTS) is 1. The first-order valence-corrected chi connectivity index (χ1v) is 5.56. The molecule has 1 aromatic carbocycles. The molecule has 0 saturated carbocycles. The van der Waals surface area contributed by atoms with E-state index in [1.165, 1.54) is 31.4 Å². The van der Waals surface area contributed by atoms with Gasteiger partial charge in [0.1, 0.15) is 17.1 Å². The van der Waals surface area contributed by atoms with Crippen molar-refractivity contribution in [1.29, 1.82) is 0 Å². The van der Waals surface area contributed by atoms with Gasteiger partial charge in [0.15, 0.2) is 5.15 Å². The summed E-state index contributed by atoms with van der Waals surface area (Å²) in [5.41, 5.74) is -0.0314. The van der Waals surface area contributed by atoms with Crippen molar-refractivity contribution in [3.8, 4) is 17.4 Å². The summed E-state index contributed by atoms with van der Waals surface area (Å²) in [5, 5.41) is 16.6. The van der Waals surface area contributed by atoms with E-state index in [1.54, 1.807) is 6.07 Å². The van der Waals surface area contributed by atoms with Gasteiger partial charge in [-0.05, 0) is 24.3 Å². The maximum Gasteiger partial charge on any atom is 0.339 e. The summed E-state index contributed by atoms with van der Waals surface area (Å²) < 4.78 is 10.3. The summed E-state index contributed by atoms with van der Waals surface area (Å²) in [6, 6.07) is 7.42. The molecule has 0 amide bonds. The zero-order valence-electron chi connectivity index (χ0n) is 9.83. The minimum absolute atomic E-state index is 0.0314. The Hall–Kier alpha value is -2.34. The van der Waals surface area contributed by atoms with Gasteiger partial charge in [0.25, 0.3) is 0 Å². The van der Waals surface area contributed by atoms with Crippen LogP contribution in [0.1, 0.15) is 10.4 Å². The van der Waals surface area contributed by atoms with Crippen LogP contribution in [0.2, 0.25) is 5.15 Å². The summed E-state index contributed by atoms with van der Waals surface area (Å²) in [4.78, 5) is 11.1. The molecule has 0 unspecified atom stereocenters. The minimum Gasteiger partial charge on any atom is -0.497 e. The van der Waals surface area contributed by atoms with Crippen LogP contribution in [-0.2, 0) is 0 Å². The first kappa shape index (κ1) is 13.1. The number of nitrogens with zero attached hydrogens (tertiary/aromatic N) is 2. The summed E-state index contributed by atoms with van der Waals surface area (Å²) in [6.07, 6.45) is 0. The predicted octanol–water partition coefficient (Wildman–Crippen LogP) is 2.63. The highest BCUT2D eigenvalue weighted by atomic mass is 35.5. The average molecular weight is 281 g/mol. The molecule has 19 heavy (non-hydrogen) atoms. The van der Waals surface area contributed by atoms with Crippen LogP contribution in [-0.4, -0.2) is 28.4 Å². The standard InChI is InChI=1S/C12H9ClN2O4/c1-18-7-2-3-9(8(6-7)12(16)17)19-11-5-4-10(13)14-15-11/h2-6H,1H3,(H,16,17). The van der Waals surface area contributed by atoms with E-state index in [-0.39, 0.29) is 22.3 Å². The molecule has 1 N–H and O–H groups in total. The van der Waals surface area contributed by atoms with Crippen molar-refractivity contribution in [1.82, 2.24) is 10.2 Å². The number of hydrogen-bond acceptors (Lipinski definition) is 5. The zero-order valence-corrected chi connectivity index (χ0v) is 10.6. The number of carbonyl (C=O) groups is 1. The summed E-state index contributed by atoms with van der Waals surface area (Å²) >= 11 is 5.60. The topological polar surface area (TPSA) is 81.5 Å². The molecule has 0 aliphatic heterocycles. The molecular weight excluding hydrogens is 272 g/mol. The van der Waals surface area contributed by atoms with Crippen molar-refractivity contribution in [2.24, 2.45) is 0 Å². The van der Waals surface area contributed by atoms with Crippen molar-refractivity contribution in [3.63, 3.8) is 0 Å². The number of rotatable bonds is 4. The Morgan fingerprint density at radius 3 is 2.63 bits per heavy atom. The van der Waals surface area contributed by atoms with Crippen LogP contribution in [0, 0.1) is 0 Å². The number of aromatic carboxylic acids is 1. The third kappa shape index (κ3) is 3.11. The maximum absolute atomic E-state index is 11.1. The molecule has 0 spiro atoms. The van der Waals surface area contributed by atoms with E-state index in [1.807, 2.05) is 0 Å². The van der Waals surface area contributed by atoms with Gasteiger partial charge in [0, 0.05) is 6.07 Å². The normalized spacial score (nSPS) is 10.0. The molecule has 7 heteroatoms. The quantitative estimate of drug-likeness (QED) is 0.927. The Bertz CT molecular complexity index is 601. The third-order valence-electron chi connectivity index (χ3n) is 2.24. The van der Waals surface area contributed by atoms with E-state index < -0.39 is 5.97 Å². The number of halogens is 1. The molecule has 2 aromatic rings. The maximum atomic E-state index is 11.1. The van der Waals surface area contributed by atoms with Gasteiger partial charge in [0.05, 0.1) is 7.11 Å². The SMILES string of the molecule is COc1ccc(Oc2ccc(Cl)nn2)c(C(=O)O)c1. The number of methoxy groups -OCH3 is 1. The average Bonchev–Trinajstić information content (AvgIpc) is 2.41. The summed E-state index contributed by atoms with van der Waals surface area (Å²) in [6.45, 7) is 0. The highest BCUT2D eigenvalue weighted by Crippen LogP contribution is 2.27. The minimum atomic E-state index is -1.13. The number of benzene rings is 1. The summed E-state index contributed by atoms with van der Waals surface area (Å²) in [7, 11) is 1.45. The molecule has 2 rings (SSSR count). The molecule has 1 heterocycles. The predicted molar refractivity (Wildman–Crippen MR) is 67.1 cm³/mol. The van der Waals surface area contributed by atoms with Gasteiger partial charge in [0.2, 0.25) is 5.88 Å². The molecule has 0 fully saturated rings. The van der Waals surface area contributed by atoms with Crippen molar-refractivity contribution < 1.29 is 19.4 Å². The van der Waals surface area contributed by atoms with Crippen LogP contribution in [0.15, 0.2) is 30.3 Å². The number of hydrogen-bond donors (Lipinski definition) is 1. The zero-order chi connectivity index (χ0) is 13.8. The van der Waals surface area contributed by atoms with Crippen molar-refractivity contribution in [3.05, 3.63) is 41.0 Å². The lowest BCUT2D eigenvalue weighted by atomic mass is 10.2. The lowest BCUT2D eigenvalue weighted by molar-refractivity contribution is 0.0693. The molecule has 0 aliphatic rings. The molecule has 0 saturated heterocycles. The Balaban J connectivity index is 2.33. The highest BCUT2D eigenvalue weighted by molar-refractivity contribution is 6.29. The lowest BCUT2D eigenvalue weighted by Gasteiger charge is -2.08. The van der Waals surface area contributed by atoms with Crippen LogP contribution >= 0.6 is 11.6 Å². The highest BCUT2D eigenvalue weighted by Gasteiger charge is 2.14. The van der Waals surface area contributed by atoms with E-state index in [0.29, 0.717) is 5.75 Å². The van der Waals surface area contributed by atoms with Gasteiger partial charge >= 0.3 is 5.97 Å². The number of ether oxygens (including phenoxy) is 2. The second-order valence-corrected chi connectivity index (χ2v) is 3.85. The van der Waals surface area contributed by atoms with Crippen molar-refractivity contribution in [2.75, 3.05) is 7.11 Å². The molecule has 98 valence electrons. The van der Waals surface area contributed by atoms with Crippen LogP contribution in [0.4, 0.5) is 0 Å². The number of aromatic nitrogens is 2. The fourth-order valence-corrected chi connectivity index (χ4v) is 1.46. The molecule has 0 aliphatic carbocycles. The Labute approximate surface area is 113 Å². The van der Waals surface area contributed by atoms with Crippen molar-refractivity contribution in [2.45, 2.75) is 0 Å².